The Morgan fingerprint density at radius 3 is 2.29 bits per heavy atom. The van der Waals surface area contributed by atoms with Gasteiger partial charge < -0.3 is 20.5 Å². The van der Waals surface area contributed by atoms with Crippen LogP contribution in [0.25, 0.3) is 0 Å². The largest absolute Gasteiger partial charge is 0.530 e. The molecule has 1 aromatic carbocycles. The molecule has 2 N–H and O–H groups in total. The maximum absolute atomic E-state index is 11.1. The highest BCUT2D eigenvalue weighted by Gasteiger charge is 2.23. The van der Waals surface area contributed by atoms with Crippen LogP contribution in [0.2, 0.25) is 0 Å². The first-order chi connectivity index (χ1) is 7.82. The molecule has 1 aromatic rings. The molecule has 4 nitrogen and oxygen atoms in total. The van der Waals surface area contributed by atoms with Gasteiger partial charge in [0.15, 0.2) is 0 Å². The van der Waals surface area contributed by atoms with Crippen LogP contribution in [0, 0.1) is 0 Å². The number of hydrogen-bond donors (Lipinski definition) is 1. The van der Waals surface area contributed by atoms with Gasteiger partial charge in [-0.25, -0.2) is 0 Å². The van der Waals surface area contributed by atoms with Gasteiger partial charge in [-0.15, -0.1) is 0 Å². The van der Waals surface area contributed by atoms with Gasteiger partial charge in [-0.05, 0) is 26.3 Å². The van der Waals surface area contributed by atoms with E-state index in [1.54, 1.807) is 0 Å². The van der Waals surface area contributed by atoms with E-state index in [0.29, 0.717) is 0 Å². The average molecular weight is 235 g/mol. The van der Waals surface area contributed by atoms with E-state index in [1.807, 2.05) is 51.1 Å². The molecule has 0 radical (unpaired) electrons. The standard InChI is InChI=1S/C13H20N2O2/c1-13(2,3)15(12(16)17)9-11(14)10-7-5-4-6-8-10/h4-8,11H,9,14H2,1-3H3,(H,16,17)/p-1/t11-/m1/s1. The zero-order chi connectivity index (χ0) is 13.1. The van der Waals surface area contributed by atoms with Crippen molar-refractivity contribution in [3.63, 3.8) is 0 Å². The van der Waals surface area contributed by atoms with Crippen molar-refractivity contribution in [1.82, 2.24) is 4.90 Å². The highest BCUT2D eigenvalue weighted by atomic mass is 16.4. The van der Waals surface area contributed by atoms with Gasteiger partial charge in [-0.3, -0.25) is 0 Å². The number of benzene rings is 1. The van der Waals surface area contributed by atoms with Crippen molar-refractivity contribution in [2.75, 3.05) is 6.54 Å². The van der Waals surface area contributed by atoms with Crippen LogP contribution in [0.4, 0.5) is 4.79 Å². The van der Waals surface area contributed by atoms with Gasteiger partial charge in [-0.1, -0.05) is 30.3 Å². The van der Waals surface area contributed by atoms with Gasteiger partial charge in [0.2, 0.25) is 0 Å². The first-order valence-electron chi connectivity index (χ1n) is 5.61. The SMILES string of the molecule is CC(C)(C)N(C[C@@H](N)c1ccccc1)C(=O)[O-]. The number of carboxylic acid groups (broad SMARTS) is 1. The van der Waals surface area contributed by atoms with Crippen molar-refractivity contribution in [3.8, 4) is 0 Å². The zero-order valence-electron chi connectivity index (χ0n) is 10.5. The van der Waals surface area contributed by atoms with Gasteiger partial charge in [0.1, 0.15) is 6.09 Å². The number of nitrogens with two attached hydrogens (primary N) is 1. The summed E-state index contributed by atoms with van der Waals surface area (Å²) in [6.07, 6.45) is -1.19. The molecule has 1 atom stereocenters. The second-order valence-electron chi connectivity index (χ2n) is 5.06. The van der Waals surface area contributed by atoms with Crippen molar-refractivity contribution in [3.05, 3.63) is 35.9 Å². The fraction of sp³-hybridized carbons (Fsp3) is 0.462. The molecule has 0 bridgehead atoms. The molecule has 0 aromatic heterocycles. The van der Waals surface area contributed by atoms with Gasteiger partial charge in [0.25, 0.3) is 0 Å². The van der Waals surface area contributed by atoms with E-state index in [4.69, 9.17) is 5.73 Å². The molecule has 0 fully saturated rings. The molecule has 0 aliphatic rings. The summed E-state index contributed by atoms with van der Waals surface area (Å²) < 4.78 is 0. The van der Waals surface area contributed by atoms with Gasteiger partial charge in [0.05, 0.1) is 0 Å². The monoisotopic (exact) mass is 235 g/mol. The van der Waals surface area contributed by atoms with Gasteiger partial charge >= 0.3 is 0 Å². The van der Waals surface area contributed by atoms with Gasteiger partial charge in [0, 0.05) is 18.1 Å². The molecular formula is C13H19N2O2-. The molecule has 0 saturated heterocycles. The Kier molecular flexibility index (Phi) is 4.12. The third kappa shape index (κ3) is 3.75. The van der Waals surface area contributed by atoms with E-state index in [-0.39, 0.29) is 12.6 Å². The number of carbonyl (C=O) groups is 1. The van der Waals surface area contributed by atoms with Crippen molar-refractivity contribution >= 4 is 6.09 Å². The minimum atomic E-state index is -1.19. The number of hydrogen-bond acceptors (Lipinski definition) is 3. The molecule has 4 heteroatoms. The summed E-state index contributed by atoms with van der Waals surface area (Å²) in [5, 5.41) is 11.1. The van der Waals surface area contributed by atoms with Crippen LogP contribution in [0.1, 0.15) is 32.4 Å². The molecular weight excluding hydrogens is 216 g/mol. The summed E-state index contributed by atoms with van der Waals surface area (Å²) in [6.45, 7) is 5.69. The van der Waals surface area contributed by atoms with Crippen molar-refractivity contribution in [2.45, 2.75) is 32.4 Å². The summed E-state index contributed by atoms with van der Waals surface area (Å²) in [7, 11) is 0. The van der Waals surface area contributed by atoms with E-state index in [2.05, 4.69) is 0 Å². The van der Waals surface area contributed by atoms with E-state index in [9.17, 15) is 9.90 Å². The Morgan fingerprint density at radius 2 is 1.88 bits per heavy atom. The Morgan fingerprint density at radius 1 is 1.35 bits per heavy atom. The van der Waals surface area contributed by atoms with Crippen LogP contribution < -0.4 is 10.8 Å². The lowest BCUT2D eigenvalue weighted by molar-refractivity contribution is -0.270. The Bertz CT molecular complexity index is 371. The predicted octanol–water partition coefficient (Wildman–Crippen LogP) is 1.13. The fourth-order valence-electron chi connectivity index (χ4n) is 1.62. The molecule has 94 valence electrons. The molecule has 1 rings (SSSR count). The molecule has 17 heavy (non-hydrogen) atoms. The molecule has 1 amide bonds. The normalized spacial score (nSPS) is 13.2. The second kappa shape index (κ2) is 5.19. The quantitative estimate of drug-likeness (QED) is 0.853. The number of carbonyl (C=O) groups excluding carboxylic acids is 1. The van der Waals surface area contributed by atoms with Crippen molar-refractivity contribution in [2.24, 2.45) is 5.73 Å². The van der Waals surface area contributed by atoms with E-state index >= 15 is 0 Å². The number of rotatable bonds is 3. The first kappa shape index (κ1) is 13.5. The molecule has 0 aliphatic carbocycles. The molecule has 0 saturated carbocycles. The van der Waals surface area contributed by atoms with E-state index in [0.717, 1.165) is 5.56 Å². The molecule has 0 aliphatic heterocycles. The van der Waals surface area contributed by atoms with E-state index in [1.165, 1.54) is 4.90 Å². The van der Waals surface area contributed by atoms with Crippen molar-refractivity contribution in [1.29, 1.82) is 0 Å². The summed E-state index contributed by atoms with van der Waals surface area (Å²) in [5.74, 6) is 0. The second-order valence-corrected chi connectivity index (χ2v) is 5.06. The first-order valence-corrected chi connectivity index (χ1v) is 5.61. The maximum Gasteiger partial charge on any atom is 0.137 e. The van der Waals surface area contributed by atoms with Crippen LogP contribution >= 0.6 is 0 Å². The lowest BCUT2D eigenvalue weighted by Gasteiger charge is -2.39. The summed E-state index contributed by atoms with van der Waals surface area (Å²) in [6, 6.07) is 9.11. The third-order valence-corrected chi connectivity index (χ3v) is 2.64. The van der Waals surface area contributed by atoms with Gasteiger partial charge in [-0.2, -0.15) is 0 Å². The smallest absolute Gasteiger partial charge is 0.137 e. The summed E-state index contributed by atoms with van der Waals surface area (Å²) in [5.41, 5.74) is 6.41. The van der Waals surface area contributed by atoms with Crippen LogP contribution in [0.3, 0.4) is 0 Å². The highest BCUT2D eigenvalue weighted by Crippen LogP contribution is 2.18. The van der Waals surface area contributed by atoms with Crippen LogP contribution in [-0.4, -0.2) is 23.1 Å². The lowest BCUT2D eigenvalue weighted by atomic mass is 10.0. The molecule has 0 heterocycles. The topological polar surface area (TPSA) is 69.4 Å². The lowest BCUT2D eigenvalue weighted by Crippen LogP contribution is -2.53. The zero-order valence-corrected chi connectivity index (χ0v) is 10.5. The average Bonchev–Trinajstić information content (AvgIpc) is 2.24. The van der Waals surface area contributed by atoms with E-state index < -0.39 is 11.6 Å². The molecule has 0 spiro atoms. The minimum absolute atomic E-state index is 0.232. The number of nitrogens with zero attached hydrogens (tertiary/aromatic N) is 1. The Hall–Kier alpha value is -1.55. The fourth-order valence-corrected chi connectivity index (χ4v) is 1.62. The highest BCUT2D eigenvalue weighted by molar-refractivity contribution is 5.63. The van der Waals surface area contributed by atoms with Crippen LogP contribution in [-0.2, 0) is 0 Å². The predicted molar refractivity (Wildman–Crippen MR) is 65.2 cm³/mol. The minimum Gasteiger partial charge on any atom is -0.530 e. The Balaban J connectivity index is 2.79. The van der Waals surface area contributed by atoms with Crippen molar-refractivity contribution < 1.29 is 9.90 Å². The maximum atomic E-state index is 11.1. The molecule has 0 unspecified atom stereocenters. The Labute approximate surface area is 102 Å². The summed E-state index contributed by atoms with van der Waals surface area (Å²) in [4.78, 5) is 12.3. The third-order valence-electron chi connectivity index (χ3n) is 2.64. The van der Waals surface area contributed by atoms with Crippen LogP contribution in [0.15, 0.2) is 30.3 Å². The number of amides is 1. The van der Waals surface area contributed by atoms with Crippen LogP contribution in [0.5, 0.6) is 0 Å². The summed E-state index contributed by atoms with van der Waals surface area (Å²) >= 11 is 0.